The number of fused-ring (bicyclic) bond motifs is 5. The van der Waals surface area contributed by atoms with Crippen LogP contribution in [0.25, 0.3) is 0 Å². The van der Waals surface area contributed by atoms with Crippen LogP contribution in [-0.4, -0.2) is 23.3 Å². The van der Waals surface area contributed by atoms with Crippen molar-refractivity contribution in [3.05, 3.63) is 23.4 Å². The number of ketones is 1. The van der Waals surface area contributed by atoms with Crippen LogP contribution in [0.15, 0.2) is 23.4 Å². The van der Waals surface area contributed by atoms with E-state index in [4.69, 9.17) is 0 Å². The fourth-order valence-electron chi connectivity index (χ4n) is 8.97. The van der Waals surface area contributed by atoms with Gasteiger partial charge >= 0.3 is 0 Å². The molecule has 166 valence electrons. The highest BCUT2D eigenvalue weighted by atomic mass is 16.1. The molecule has 0 aromatic rings. The maximum Gasteiger partial charge on any atom is 0.155 e. The molecule has 0 amide bonds. The number of likely N-dealkylation sites (tertiary alicyclic amines) is 1. The van der Waals surface area contributed by atoms with Gasteiger partial charge in [0.1, 0.15) is 0 Å². The molecule has 5 aliphatic rings. The number of carbonyl (C=O) groups excluding carboxylic acids is 1. The predicted molar refractivity (Wildman–Crippen MR) is 124 cm³/mol. The van der Waals surface area contributed by atoms with Crippen LogP contribution in [0.2, 0.25) is 0 Å². The summed E-state index contributed by atoms with van der Waals surface area (Å²) >= 11 is 0. The summed E-state index contributed by atoms with van der Waals surface area (Å²) in [6, 6.07) is 0.715. The van der Waals surface area contributed by atoms with E-state index in [0.29, 0.717) is 22.7 Å². The third-order valence-corrected chi connectivity index (χ3v) is 10.7. The Labute approximate surface area is 184 Å². The van der Waals surface area contributed by atoms with E-state index in [0.717, 1.165) is 36.5 Å². The minimum Gasteiger partial charge on any atom is -0.375 e. The molecule has 2 heteroatoms. The monoisotopic (exact) mass is 409 g/mol. The Morgan fingerprint density at radius 2 is 1.87 bits per heavy atom. The van der Waals surface area contributed by atoms with Crippen molar-refractivity contribution >= 4 is 5.78 Å². The van der Waals surface area contributed by atoms with Gasteiger partial charge in [0, 0.05) is 19.0 Å². The fraction of sp³-hybridized carbons (Fsp3) is 0.821. The molecule has 4 aliphatic carbocycles. The van der Waals surface area contributed by atoms with Gasteiger partial charge in [-0.3, -0.25) is 4.79 Å². The second-order valence-electron chi connectivity index (χ2n) is 12.1. The van der Waals surface area contributed by atoms with Gasteiger partial charge in [-0.2, -0.15) is 0 Å². The normalized spacial score (nSPS) is 46.7. The lowest BCUT2D eigenvalue weighted by Gasteiger charge is -2.58. The third-order valence-electron chi connectivity index (χ3n) is 10.7. The zero-order valence-corrected chi connectivity index (χ0v) is 19.9. The van der Waals surface area contributed by atoms with Crippen LogP contribution in [0.3, 0.4) is 0 Å². The molecule has 5 rings (SSSR count). The average Bonchev–Trinajstić information content (AvgIpc) is 3.07. The quantitative estimate of drug-likeness (QED) is 0.494. The number of carbonyl (C=O) groups is 1. The van der Waals surface area contributed by atoms with Gasteiger partial charge in [-0.1, -0.05) is 25.0 Å². The van der Waals surface area contributed by atoms with Gasteiger partial charge in [-0.05, 0) is 125 Å². The maximum absolute atomic E-state index is 12.1. The van der Waals surface area contributed by atoms with Gasteiger partial charge in [0.2, 0.25) is 0 Å². The van der Waals surface area contributed by atoms with Crippen LogP contribution in [0.4, 0.5) is 0 Å². The van der Waals surface area contributed by atoms with Gasteiger partial charge < -0.3 is 4.90 Å². The van der Waals surface area contributed by atoms with E-state index in [1.54, 1.807) is 5.57 Å². The molecule has 0 aromatic carbocycles. The molecule has 0 radical (unpaired) electrons. The number of rotatable bonds is 2. The lowest BCUT2D eigenvalue weighted by molar-refractivity contribution is -0.117. The van der Waals surface area contributed by atoms with E-state index in [-0.39, 0.29) is 0 Å². The summed E-state index contributed by atoms with van der Waals surface area (Å²) in [7, 11) is 0. The summed E-state index contributed by atoms with van der Waals surface area (Å²) in [5.41, 5.74) is 3.97. The van der Waals surface area contributed by atoms with Crippen LogP contribution in [-0.2, 0) is 4.79 Å². The first kappa shape index (κ1) is 20.8. The second-order valence-corrected chi connectivity index (χ2v) is 12.1. The highest BCUT2D eigenvalue weighted by Gasteiger charge is 2.59. The van der Waals surface area contributed by atoms with Gasteiger partial charge in [0.15, 0.2) is 5.78 Å². The molecule has 1 saturated heterocycles. The van der Waals surface area contributed by atoms with Crippen LogP contribution in [0.5, 0.6) is 0 Å². The Bertz CT molecular complexity index is 765. The van der Waals surface area contributed by atoms with Crippen molar-refractivity contribution in [3.8, 4) is 0 Å². The topological polar surface area (TPSA) is 20.3 Å². The highest BCUT2D eigenvalue weighted by molar-refractivity contribution is 5.91. The van der Waals surface area contributed by atoms with Crippen LogP contribution < -0.4 is 0 Å². The number of nitrogens with zero attached hydrogens (tertiary/aromatic N) is 1. The molecule has 1 heterocycles. The molecule has 0 bridgehead atoms. The number of piperidine rings is 1. The number of hydrogen-bond donors (Lipinski definition) is 0. The minimum absolute atomic E-state index is 0.310. The van der Waals surface area contributed by atoms with Gasteiger partial charge in [-0.15, -0.1) is 0 Å². The molecular weight excluding hydrogens is 366 g/mol. The Balaban J connectivity index is 1.38. The fourth-order valence-corrected chi connectivity index (χ4v) is 8.97. The first-order chi connectivity index (χ1) is 14.3. The number of hydrogen-bond acceptors (Lipinski definition) is 2. The molecule has 7 unspecified atom stereocenters. The molecular formula is C28H43NO. The van der Waals surface area contributed by atoms with Crippen molar-refractivity contribution < 1.29 is 4.79 Å². The zero-order valence-electron chi connectivity index (χ0n) is 19.9. The standard InChI is InChI=1S/C28H43NO/c1-19(18-29-16-6-5-7-20(29)2)24-10-11-25-23-9-8-21-17-22(30)12-14-27(21,3)26(23)13-15-28(24,25)4/h17-18,20,23-26H,5-16H2,1-4H3. The third kappa shape index (κ3) is 3.15. The largest absolute Gasteiger partial charge is 0.375 e. The Kier molecular flexibility index (Phi) is 5.22. The van der Waals surface area contributed by atoms with Crippen LogP contribution >= 0.6 is 0 Å². The highest BCUT2D eigenvalue weighted by Crippen LogP contribution is 2.67. The van der Waals surface area contributed by atoms with E-state index in [1.807, 2.05) is 0 Å². The summed E-state index contributed by atoms with van der Waals surface area (Å²) in [6.07, 6.45) is 18.7. The lowest BCUT2D eigenvalue weighted by Crippen LogP contribution is -2.50. The van der Waals surface area contributed by atoms with Gasteiger partial charge in [0.05, 0.1) is 0 Å². The summed E-state index contributed by atoms with van der Waals surface area (Å²) in [5.74, 6) is 3.74. The van der Waals surface area contributed by atoms with Crippen molar-refractivity contribution in [3.63, 3.8) is 0 Å². The number of allylic oxidation sites excluding steroid dienone is 2. The first-order valence-corrected chi connectivity index (χ1v) is 13.0. The molecule has 2 nitrogen and oxygen atoms in total. The summed E-state index contributed by atoms with van der Waals surface area (Å²) in [6.45, 7) is 11.3. The Hall–Kier alpha value is -1.05. The Morgan fingerprint density at radius 3 is 2.67 bits per heavy atom. The molecule has 4 fully saturated rings. The van der Waals surface area contributed by atoms with Crippen molar-refractivity contribution in [2.24, 2.45) is 34.5 Å². The zero-order chi connectivity index (χ0) is 21.1. The molecule has 0 aromatic heterocycles. The molecule has 7 atom stereocenters. The Morgan fingerprint density at radius 1 is 1.03 bits per heavy atom. The molecule has 0 spiro atoms. The van der Waals surface area contributed by atoms with E-state index >= 15 is 0 Å². The first-order valence-electron chi connectivity index (χ1n) is 13.0. The van der Waals surface area contributed by atoms with E-state index in [9.17, 15) is 4.79 Å². The molecule has 30 heavy (non-hydrogen) atoms. The molecule has 0 N–H and O–H groups in total. The molecule has 1 aliphatic heterocycles. The lowest BCUT2D eigenvalue weighted by atomic mass is 9.46. The van der Waals surface area contributed by atoms with Crippen molar-refractivity contribution in [2.75, 3.05) is 6.54 Å². The van der Waals surface area contributed by atoms with Gasteiger partial charge in [0.25, 0.3) is 0 Å². The smallest absolute Gasteiger partial charge is 0.155 e. The van der Waals surface area contributed by atoms with E-state index in [1.165, 1.54) is 69.9 Å². The minimum atomic E-state index is 0.310. The van der Waals surface area contributed by atoms with Crippen molar-refractivity contribution in [1.82, 2.24) is 4.90 Å². The summed E-state index contributed by atoms with van der Waals surface area (Å²) in [5, 5.41) is 0. The molecule has 3 saturated carbocycles. The summed E-state index contributed by atoms with van der Waals surface area (Å²) < 4.78 is 0. The van der Waals surface area contributed by atoms with Crippen LogP contribution in [0.1, 0.15) is 98.3 Å². The average molecular weight is 410 g/mol. The maximum atomic E-state index is 12.1. The SMILES string of the molecule is CC(=CN1CCCCC1C)C1CCC2C3CCC4=CC(=O)CCC4(C)C3CCC12C. The second kappa shape index (κ2) is 7.52. The van der Waals surface area contributed by atoms with E-state index < -0.39 is 0 Å². The van der Waals surface area contributed by atoms with E-state index in [2.05, 4.69) is 44.9 Å². The summed E-state index contributed by atoms with van der Waals surface area (Å²) in [4.78, 5) is 14.7. The van der Waals surface area contributed by atoms with Gasteiger partial charge in [-0.25, -0.2) is 0 Å². The van der Waals surface area contributed by atoms with Crippen LogP contribution in [0, 0.1) is 34.5 Å². The predicted octanol–water partition coefficient (Wildman–Crippen LogP) is 6.91. The van der Waals surface area contributed by atoms with Crippen molar-refractivity contribution in [1.29, 1.82) is 0 Å². The van der Waals surface area contributed by atoms with Crippen molar-refractivity contribution in [2.45, 2.75) is 104 Å².